The fraction of sp³-hybridized carbons (Fsp3) is 0.111. The van der Waals surface area contributed by atoms with Gasteiger partial charge in [0.25, 0.3) is 0 Å². The number of para-hydroxylation sites is 1. The fourth-order valence-corrected chi connectivity index (χ4v) is 6.20. The molecule has 0 aliphatic heterocycles. The van der Waals surface area contributed by atoms with Crippen molar-refractivity contribution in [3.63, 3.8) is 0 Å². The fourth-order valence-electron chi connectivity index (χ4n) is 6.20. The van der Waals surface area contributed by atoms with E-state index >= 15 is 0 Å². The first-order chi connectivity index (χ1) is 25.3. The largest absolute Gasteiger partial charge is 0.489 e. The zero-order valence-electron chi connectivity index (χ0n) is 28.8. The SMILES string of the molecule is Cc1cc(C(=O)OCc2ccccc2)cc(C)c1OC(=O)c1c2ccccc2nc2cc(C(=O)Cc3ccc(OCc4ccccc4)cc3)ccc12. The molecule has 0 bridgehead atoms. The molecule has 0 amide bonds. The molecule has 1 aromatic heterocycles. The minimum atomic E-state index is -0.567. The maximum absolute atomic E-state index is 14.0. The summed E-state index contributed by atoms with van der Waals surface area (Å²) in [7, 11) is 0. The normalized spacial score (nSPS) is 11.0. The molecule has 0 saturated carbocycles. The van der Waals surface area contributed by atoms with Crippen LogP contribution in [0, 0.1) is 13.8 Å². The Morgan fingerprint density at radius 2 is 1.17 bits per heavy atom. The lowest BCUT2D eigenvalue weighted by atomic mass is 9.98. The number of aryl methyl sites for hydroxylation is 2. The number of esters is 2. The number of carbonyl (C=O) groups is 3. The molecule has 7 heteroatoms. The number of benzene rings is 6. The van der Waals surface area contributed by atoms with Crippen LogP contribution in [-0.2, 0) is 24.4 Å². The molecule has 0 aliphatic carbocycles. The highest BCUT2D eigenvalue weighted by Gasteiger charge is 2.22. The van der Waals surface area contributed by atoms with Crippen LogP contribution in [0.5, 0.6) is 11.5 Å². The average molecular weight is 686 g/mol. The maximum atomic E-state index is 14.0. The third-order valence-corrected chi connectivity index (χ3v) is 8.85. The van der Waals surface area contributed by atoms with Crippen LogP contribution < -0.4 is 9.47 Å². The summed E-state index contributed by atoms with van der Waals surface area (Å²) in [6, 6.07) is 42.8. The summed E-state index contributed by atoms with van der Waals surface area (Å²) in [6.07, 6.45) is 0.196. The van der Waals surface area contributed by atoms with Gasteiger partial charge in [0.1, 0.15) is 24.7 Å². The molecule has 6 aromatic carbocycles. The number of pyridine rings is 1. The minimum absolute atomic E-state index is 0.0763. The predicted molar refractivity (Wildman–Crippen MR) is 201 cm³/mol. The van der Waals surface area contributed by atoms with Gasteiger partial charge in [0.05, 0.1) is 22.2 Å². The van der Waals surface area contributed by atoms with Crippen molar-refractivity contribution in [2.45, 2.75) is 33.5 Å². The van der Waals surface area contributed by atoms with Crippen molar-refractivity contribution >= 4 is 39.5 Å². The van der Waals surface area contributed by atoms with E-state index in [0.29, 0.717) is 62.0 Å². The van der Waals surface area contributed by atoms with Crippen LogP contribution in [0.2, 0.25) is 0 Å². The standard InChI is InChI=1S/C45H35NO6/c1-29-23-35(44(48)51-28-33-13-7-4-8-14-33)24-30(2)43(29)52-45(49)42-37-15-9-10-16-39(37)46-40-26-34(19-22-38(40)42)41(47)25-31-17-20-36(21-18-31)50-27-32-11-5-3-6-12-32/h3-24,26H,25,27-28H2,1-2H3. The minimum Gasteiger partial charge on any atom is -0.489 e. The third-order valence-electron chi connectivity index (χ3n) is 8.85. The number of ether oxygens (including phenoxy) is 3. The Morgan fingerprint density at radius 1 is 0.558 bits per heavy atom. The van der Waals surface area contributed by atoms with E-state index in [1.54, 1.807) is 44.2 Å². The van der Waals surface area contributed by atoms with Crippen LogP contribution in [0.1, 0.15) is 58.9 Å². The number of fused-ring (bicyclic) bond motifs is 2. The Balaban J connectivity index is 1.10. The number of aromatic nitrogens is 1. The molecule has 0 aliphatic rings. The summed E-state index contributed by atoms with van der Waals surface area (Å²) in [5.74, 6) is -0.0180. The van der Waals surface area contributed by atoms with Gasteiger partial charge >= 0.3 is 11.9 Å². The summed E-state index contributed by atoms with van der Waals surface area (Å²) >= 11 is 0. The van der Waals surface area contributed by atoms with Gasteiger partial charge in [-0.05, 0) is 78.1 Å². The number of hydrogen-bond acceptors (Lipinski definition) is 7. The van der Waals surface area contributed by atoms with E-state index in [1.165, 1.54) is 0 Å². The van der Waals surface area contributed by atoms with Crippen LogP contribution in [0.25, 0.3) is 21.8 Å². The molecule has 7 nitrogen and oxygen atoms in total. The zero-order valence-corrected chi connectivity index (χ0v) is 28.8. The van der Waals surface area contributed by atoms with Crippen molar-refractivity contribution < 1.29 is 28.6 Å². The maximum Gasteiger partial charge on any atom is 0.344 e. The van der Waals surface area contributed by atoms with Gasteiger partial charge in [-0.3, -0.25) is 4.79 Å². The number of nitrogens with zero attached hydrogens (tertiary/aromatic N) is 1. The van der Waals surface area contributed by atoms with Crippen LogP contribution in [0.3, 0.4) is 0 Å². The van der Waals surface area contributed by atoms with Gasteiger partial charge in [0.2, 0.25) is 0 Å². The number of hydrogen-bond donors (Lipinski definition) is 0. The second-order valence-electron chi connectivity index (χ2n) is 12.6. The molecule has 7 aromatic rings. The molecular weight excluding hydrogens is 650 g/mol. The Kier molecular flexibility index (Phi) is 9.84. The first kappa shape index (κ1) is 33.9. The van der Waals surface area contributed by atoms with Gasteiger partial charge in [-0.15, -0.1) is 0 Å². The second kappa shape index (κ2) is 15.1. The van der Waals surface area contributed by atoms with Crippen LogP contribution in [-0.4, -0.2) is 22.7 Å². The van der Waals surface area contributed by atoms with Crippen molar-refractivity contribution in [1.82, 2.24) is 4.98 Å². The van der Waals surface area contributed by atoms with Crippen molar-refractivity contribution in [3.05, 3.63) is 184 Å². The molecule has 0 atom stereocenters. The Labute approximate surface area is 301 Å². The molecular formula is C45H35NO6. The lowest BCUT2D eigenvalue weighted by Gasteiger charge is -2.15. The van der Waals surface area contributed by atoms with Crippen LogP contribution in [0.15, 0.2) is 140 Å². The van der Waals surface area contributed by atoms with Gasteiger partial charge in [0.15, 0.2) is 5.78 Å². The molecule has 0 unspecified atom stereocenters. The van der Waals surface area contributed by atoms with Crippen molar-refractivity contribution in [2.75, 3.05) is 0 Å². The third kappa shape index (κ3) is 7.59. The highest BCUT2D eigenvalue weighted by molar-refractivity contribution is 6.16. The van der Waals surface area contributed by atoms with E-state index in [4.69, 9.17) is 19.2 Å². The first-order valence-electron chi connectivity index (χ1n) is 17.0. The van der Waals surface area contributed by atoms with Crippen molar-refractivity contribution in [3.8, 4) is 11.5 Å². The summed E-state index contributed by atoms with van der Waals surface area (Å²) < 4.78 is 17.5. The van der Waals surface area contributed by atoms with Crippen LogP contribution in [0.4, 0.5) is 0 Å². The van der Waals surface area contributed by atoms with E-state index in [1.807, 2.05) is 109 Å². The van der Waals surface area contributed by atoms with E-state index in [2.05, 4.69) is 0 Å². The van der Waals surface area contributed by atoms with Gasteiger partial charge in [-0.1, -0.05) is 103 Å². The summed E-state index contributed by atoms with van der Waals surface area (Å²) in [5.41, 5.74) is 6.36. The van der Waals surface area contributed by atoms with Gasteiger partial charge in [-0.25, -0.2) is 14.6 Å². The van der Waals surface area contributed by atoms with Crippen molar-refractivity contribution in [1.29, 1.82) is 0 Å². The number of ketones is 1. The molecule has 0 radical (unpaired) electrons. The Hall–Kier alpha value is -6.60. The van der Waals surface area contributed by atoms with Crippen LogP contribution >= 0.6 is 0 Å². The zero-order chi connectivity index (χ0) is 36.0. The van der Waals surface area contributed by atoms with Gasteiger partial charge < -0.3 is 14.2 Å². The molecule has 1 heterocycles. The molecule has 0 saturated heterocycles. The van der Waals surface area contributed by atoms with E-state index < -0.39 is 11.9 Å². The monoisotopic (exact) mass is 685 g/mol. The number of rotatable bonds is 11. The van der Waals surface area contributed by atoms with E-state index in [0.717, 1.165) is 22.4 Å². The number of Topliss-reactive ketones (excluding diaryl/α,β-unsaturated/α-hetero) is 1. The predicted octanol–water partition coefficient (Wildman–Crippen LogP) is 9.59. The first-order valence-corrected chi connectivity index (χ1v) is 17.0. The molecule has 0 spiro atoms. The highest BCUT2D eigenvalue weighted by Crippen LogP contribution is 2.31. The lowest BCUT2D eigenvalue weighted by Crippen LogP contribution is -2.13. The quantitative estimate of drug-likeness (QED) is 0.0580. The Morgan fingerprint density at radius 3 is 1.87 bits per heavy atom. The van der Waals surface area contributed by atoms with E-state index in [9.17, 15) is 14.4 Å². The second-order valence-corrected chi connectivity index (χ2v) is 12.6. The van der Waals surface area contributed by atoms with Crippen molar-refractivity contribution in [2.24, 2.45) is 0 Å². The summed E-state index contributed by atoms with van der Waals surface area (Å²) in [4.78, 5) is 45.2. The van der Waals surface area contributed by atoms with Gasteiger partial charge in [-0.2, -0.15) is 0 Å². The molecule has 7 rings (SSSR count). The number of carbonyl (C=O) groups excluding carboxylic acids is 3. The Bertz CT molecular complexity index is 2400. The van der Waals surface area contributed by atoms with E-state index in [-0.39, 0.29) is 18.8 Å². The lowest BCUT2D eigenvalue weighted by molar-refractivity contribution is 0.0472. The molecule has 0 fully saturated rings. The average Bonchev–Trinajstić information content (AvgIpc) is 3.17. The highest BCUT2D eigenvalue weighted by atomic mass is 16.5. The summed E-state index contributed by atoms with van der Waals surface area (Å²) in [5, 5.41) is 1.20. The van der Waals surface area contributed by atoms with Gasteiger partial charge in [0, 0.05) is 22.8 Å². The molecule has 256 valence electrons. The summed E-state index contributed by atoms with van der Waals surface area (Å²) in [6.45, 7) is 4.19. The molecule has 0 N–H and O–H groups in total. The molecule has 52 heavy (non-hydrogen) atoms. The smallest absolute Gasteiger partial charge is 0.344 e. The topological polar surface area (TPSA) is 91.8 Å².